The fourth-order valence-corrected chi connectivity index (χ4v) is 1.81. The maximum Gasteiger partial charge on any atom is 0.258 e. The average molecular weight is 277 g/mol. The van der Waals surface area contributed by atoms with E-state index in [-0.39, 0.29) is 11.7 Å². The second-order valence-electron chi connectivity index (χ2n) is 4.12. The molecule has 0 aliphatic heterocycles. The van der Waals surface area contributed by atoms with Crippen LogP contribution in [-0.2, 0) is 0 Å². The molecule has 2 aromatic rings. The van der Waals surface area contributed by atoms with Crippen LogP contribution in [0.15, 0.2) is 42.5 Å². The Morgan fingerprint density at radius 2 is 2.00 bits per heavy atom. The zero-order valence-corrected chi connectivity index (χ0v) is 11.1. The van der Waals surface area contributed by atoms with Crippen molar-refractivity contribution in [2.24, 2.45) is 0 Å². The molecule has 2 aromatic carbocycles. The highest BCUT2D eigenvalue weighted by Crippen LogP contribution is 2.23. The van der Waals surface area contributed by atoms with Crippen LogP contribution in [-0.4, -0.2) is 18.1 Å². The molecule has 0 aromatic heterocycles. The Bertz CT molecular complexity index is 629. The number of halogens is 1. The third-order valence-corrected chi connectivity index (χ3v) is 3.11. The molecule has 5 heteroatoms. The molecule has 0 fully saturated rings. The van der Waals surface area contributed by atoms with Gasteiger partial charge in [-0.05, 0) is 30.3 Å². The van der Waals surface area contributed by atoms with E-state index in [1.807, 2.05) is 0 Å². The Morgan fingerprint density at radius 1 is 1.26 bits per heavy atom. The van der Waals surface area contributed by atoms with E-state index >= 15 is 0 Å². The number of carbonyl (C=O) groups is 1. The van der Waals surface area contributed by atoms with Gasteiger partial charge in [0.25, 0.3) is 5.91 Å². The largest absolute Gasteiger partial charge is 0.508 e. The van der Waals surface area contributed by atoms with E-state index in [4.69, 9.17) is 17.3 Å². The minimum Gasteiger partial charge on any atom is -0.508 e. The quantitative estimate of drug-likeness (QED) is 0.829. The van der Waals surface area contributed by atoms with Crippen LogP contribution in [0.3, 0.4) is 0 Å². The third-order valence-electron chi connectivity index (χ3n) is 2.76. The predicted molar refractivity (Wildman–Crippen MR) is 76.7 cm³/mol. The zero-order valence-electron chi connectivity index (χ0n) is 10.3. The van der Waals surface area contributed by atoms with Gasteiger partial charge in [-0.15, -0.1) is 0 Å². The molecule has 0 bridgehead atoms. The summed E-state index contributed by atoms with van der Waals surface area (Å²) in [5, 5.41) is 9.83. The number of amides is 1. The number of carbonyl (C=O) groups excluding carboxylic acids is 1. The molecule has 4 nitrogen and oxygen atoms in total. The van der Waals surface area contributed by atoms with Crippen molar-refractivity contribution in [3.05, 3.63) is 53.1 Å². The summed E-state index contributed by atoms with van der Waals surface area (Å²) in [5.41, 5.74) is 7.07. The molecule has 3 N–H and O–H groups in total. The number of aromatic hydroxyl groups is 1. The van der Waals surface area contributed by atoms with Crippen LogP contribution in [0, 0.1) is 0 Å². The predicted octanol–water partition coefficient (Wildman–Crippen LogP) is 2.90. The van der Waals surface area contributed by atoms with Crippen LogP contribution in [0.5, 0.6) is 5.75 Å². The van der Waals surface area contributed by atoms with Crippen molar-refractivity contribution in [2.45, 2.75) is 0 Å². The first-order valence-electron chi connectivity index (χ1n) is 5.61. The van der Waals surface area contributed by atoms with Gasteiger partial charge in [0.15, 0.2) is 0 Å². The number of nitrogen functional groups attached to an aromatic ring is 1. The van der Waals surface area contributed by atoms with Crippen molar-refractivity contribution in [3.8, 4) is 5.75 Å². The van der Waals surface area contributed by atoms with Crippen LogP contribution in [0.4, 0.5) is 11.4 Å². The van der Waals surface area contributed by atoms with E-state index < -0.39 is 0 Å². The number of rotatable bonds is 2. The molecule has 2 rings (SSSR count). The van der Waals surface area contributed by atoms with Crippen LogP contribution >= 0.6 is 11.6 Å². The fraction of sp³-hybridized carbons (Fsp3) is 0.0714. The average Bonchev–Trinajstić information content (AvgIpc) is 2.40. The summed E-state index contributed by atoms with van der Waals surface area (Å²) in [7, 11) is 1.63. The molecule has 0 saturated heterocycles. The molecule has 0 aliphatic carbocycles. The van der Waals surface area contributed by atoms with Crippen molar-refractivity contribution >= 4 is 28.9 Å². The standard InChI is InChI=1S/C14H13ClN2O2/c1-17(10-3-2-4-11(18)8-10)14(19)9-5-6-12(15)13(16)7-9/h2-8,18H,16H2,1H3. The van der Waals surface area contributed by atoms with Gasteiger partial charge in [0, 0.05) is 24.4 Å². The van der Waals surface area contributed by atoms with E-state index in [0.717, 1.165) is 0 Å². The first-order valence-corrected chi connectivity index (χ1v) is 5.99. The Morgan fingerprint density at radius 3 is 2.63 bits per heavy atom. The Balaban J connectivity index is 2.30. The summed E-state index contributed by atoms with van der Waals surface area (Å²) in [6.45, 7) is 0. The second kappa shape index (κ2) is 5.20. The highest BCUT2D eigenvalue weighted by molar-refractivity contribution is 6.33. The zero-order chi connectivity index (χ0) is 14.0. The van der Waals surface area contributed by atoms with Gasteiger partial charge in [-0.25, -0.2) is 0 Å². The minimum absolute atomic E-state index is 0.104. The van der Waals surface area contributed by atoms with Gasteiger partial charge >= 0.3 is 0 Å². The molecule has 0 heterocycles. The molecule has 0 spiro atoms. The van der Waals surface area contributed by atoms with Gasteiger partial charge in [0.05, 0.1) is 10.7 Å². The number of hydrogen-bond donors (Lipinski definition) is 2. The summed E-state index contributed by atoms with van der Waals surface area (Å²) in [6, 6.07) is 11.2. The molecule has 1 amide bonds. The molecular weight excluding hydrogens is 264 g/mol. The van der Waals surface area contributed by atoms with Crippen molar-refractivity contribution in [2.75, 3.05) is 17.7 Å². The van der Waals surface area contributed by atoms with Gasteiger partial charge in [-0.1, -0.05) is 17.7 Å². The molecule has 0 radical (unpaired) electrons. The summed E-state index contributed by atoms with van der Waals surface area (Å²) < 4.78 is 0. The van der Waals surface area contributed by atoms with Crippen LogP contribution in [0.2, 0.25) is 5.02 Å². The third kappa shape index (κ3) is 2.80. The number of nitrogens with two attached hydrogens (primary N) is 1. The molecule has 0 atom stereocenters. The van der Waals surface area contributed by atoms with Gasteiger partial charge in [0.2, 0.25) is 0 Å². The Kier molecular flexibility index (Phi) is 3.62. The number of anilines is 2. The summed E-state index contributed by atoms with van der Waals surface area (Å²) >= 11 is 5.82. The van der Waals surface area contributed by atoms with Gasteiger partial charge in [0.1, 0.15) is 5.75 Å². The SMILES string of the molecule is CN(C(=O)c1ccc(Cl)c(N)c1)c1cccc(O)c1. The highest BCUT2D eigenvalue weighted by Gasteiger charge is 2.14. The van der Waals surface area contributed by atoms with Gasteiger partial charge in [-0.2, -0.15) is 0 Å². The van der Waals surface area contributed by atoms with E-state index in [2.05, 4.69) is 0 Å². The summed E-state index contributed by atoms with van der Waals surface area (Å²) in [6.07, 6.45) is 0. The first kappa shape index (κ1) is 13.2. The number of nitrogens with zero attached hydrogens (tertiary/aromatic N) is 1. The van der Waals surface area contributed by atoms with E-state index in [1.165, 1.54) is 17.0 Å². The molecule has 98 valence electrons. The lowest BCUT2D eigenvalue weighted by Gasteiger charge is -2.18. The molecule has 0 unspecified atom stereocenters. The molecule has 19 heavy (non-hydrogen) atoms. The minimum atomic E-state index is -0.228. The Hall–Kier alpha value is -2.20. The Labute approximate surface area is 116 Å². The van der Waals surface area contributed by atoms with Crippen LogP contribution in [0.25, 0.3) is 0 Å². The smallest absolute Gasteiger partial charge is 0.258 e. The van der Waals surface area contributed by atoms with Crippen LogP contribution in [0.1, 0.15) is 10.4 Å². The second-order valence-corrected chi connectivity index (χ2v) is 4.53. The topological polar surface area (TPSA) is 66.6 Å². The van der Waals surface area contributed by atoms with E-state index in [9.17, 15) is 9.90 Å². The number of phenols is 1. The first-order chi connectivity index (χ1) is 8.99. The monoisotopic (exact) mass is 276 g/mol. The summed E-state index contributed by atoms with van der Waals surface area (Å²) in [5.74, 6) is -0.123. The van der Waals surface area contributed by atoms with Crippen molar-refractivity contribution in [3.63, 3.8) is 0 Å². The molecule has 0 saturated carbocycles. The maximum absolute atomic E-state index is 12.3. The lowest BCUT2D eigenvalue weighted by molar-refractivity contribution is 0.0993. The maximum atomic E-state index is 12.3. The fourth-order valence-electron chi connectivity index (χ4n) is 1.69. The lowest BCUT2D eigenvalue weighted by atomic mass is 10.1. The van der Waals surface area contributed by atoms with E-state index in [1.54, 1.807) is 37.4 Å². The van der Waals surface area contributed by atoms with Crippen molar-refractivity contribution < 1.29 is 9.90 Å². The van der Waals surface area contributed by atoms with E-state index in [0.29, 0.717) is 22.0 Å². The number of hydrogen-bond acceptors (Lipinski definition) is 3. The number of phenolic OH excluding ortho intramolecular Hbond substituents is 1. The molecular formula is C14H13ClN2O2. The molecule has 0 aliphatic rings. The van der Waals surface area contributed by atoms with Crippen molar-refractivity contribution in [1.29, 1.82) is 0 Å². The summed E-state index contributed by atoms with van der Waals surface area (Å²) in [4.78, 5) is 13.7. The van der Waals surface area contributed by atoms with Crippen molar-refractivity contribution in [1.82, 2.24) is 0 Å². The van der Waals surface area contributed by atoms with Gasteiger partial charge < -0.3 is 15.7 Å². The van der Waals surface area contributed by atoms with Crippen LogP contribution < -0.4 is 10.6 Å². The highest BCUT2D eigenvalue weighted by atomic mass is 35.5. The normalized spacial score (nSPS) is 10.2. The lowest BCUT2D eigenvalue weighted by Crippen LogP contribution is -2.26. The number of benzene rings is 2. The van der Waals surface area contributed by atoms with Gasteiger partial charge in [-0.3, -0.25) is 4.79 Å².